The molecule has 6 nitrogen and oxygen atoms in total. The average molecular weight is 438 g/mol. The lowest BCUT2D eigenvalue weighted by molar-refractivity contribution is -0.146. The molecule has 170 valence electrons. The summed E-state index contributed by atoms with van der Waals surface area (Å²) in [5.41, 5.74) is 6.42. The molecule has 0 bridgehead atoms. The minimum Gasteiger partial charge on any atom is -0.459 e. The molecular weight excluding hydrogens is 406 g/mol. The van der Waals surface area contributed by atoms with Crippen LogP contribution in [0.5, 0.6) is 0 Å². The molecule has 0 unspecified atom stereocenters. The zero-order chi connectivity index (χ0) is 22.3. The van der Waals surface area contributed by atoms with Gasteiger partial charge in [-0.2, -0.15) is 0 Å². The number of hydrogen-bond acceptors (Lipinski definition) is 5. The van der Waals surface area contributed by atoms with Crippen LogP contribution in [0.2, 0.25) is 0 Å². The third-order valence-corrected chi connectivity index (χ3v) is 6.02. The van der Waals surface area contributed by atoms with Gasteiger partial charge in [-0.05, 0) is 53.2 Å². The zero-order valence-corrected chi connectivity index (χ0v) is 18.5. The maximum absolute atomic E-state index is 12.7. The average Bonchev–Trinajstić information content (AvgIpc) is 3.20. The quantitative estimate of drug-likeness (QED) is 0.475. The highest BCUT2D eigenvalue weighted by Crippen LogP contribution is 2.42. The third kappa shape index (κ3) is 5.04. The van der Waals surface area contributed by atoms with Crippen LogP contribution in [0.4, 0.5) is 0 Å². The van der Waals surface area contributed by atoms with Crippen molar-refractivity contribution in [2.45, 2.75) is 37.9 Å². The van der Waals surface area contributed by atoms with Crippen LogP contribution in [-0.2, 0) is 25.4 Å². The van der Waals surface area contributed by atoms with Gasteiger partial charge in [0.15, 0.2) is 5.76 Å². The summed E-state index contributed by atoms with van der Waals surface area (Å²) in [6.45, 7) is 1.48. The van der Waals surface area contributed by atoms with Crippen LogP contribution in [0.1, 0.15) is 41.9 Å². The maximum atomic E-state index is 12.7. The number of unbranched alkanes of at least 4 members (excludes halogenated alkanes) is 1. The molecule has 0 aromatic heterocycles. The van der Waals surface area contributed by atoms with E-state index in [4.69, 9.17) is 19.3 Å². The molecule has 1 aliphatic heterocycles. The number of carbonyl (C=O) groups excluding carboxylic acids is 1. The second-order valence-corrected chi connectivity index (χ2v) is 8.18. The van der Waals surface area contributed by atoms with E-state index in [1.54, 1.807) is 7.11 Å². The van der Waals surface area contributed by atoms with Gasteiger partial charge in [0, 0.05) is 32.6 Å². The molecular formula is C26H31NO5. The molecule has 32 heavy (non-hydrogen) atoms. The molecule has 0 saturated carbocycles. The molecule has 0 saturated heterocycles. The van der Waals surface area contributed by atoms with E-state index in [2.05, 4.69) is 47.8 Å². The Kier molecular flexibility index (Phi) is 7.58. The first-order chi connectivity index (χ1) is 15.7. The van der Waals surface area contributed by atoms with E-state index in [-0.39, 0.29) is 24.2 Å². The molecule has 1 heterocycles. The number of rotatable bonds is 10. The number of methoxy groups -OCH3 is 1. The summed E-state index contributed by atoms with van der Waals surface area (Å²) in [5, 5.41) is 11.9. The number of fused-ring (bicyclic) bond motifs is 3. The molecule has 2 aromatic carbocycles. The fraction of sp³-hybridized carbons (Fsp3) is 0.423. The van der Waals surface area contributed by atoms with Crippen molar-refractivity contribution in [3.05, 3.63) is 71.0 Å². The third-order valence-electron chi connectivity index (χ3n) is 6.02. The monoisotopic (exact) mass is 437 g/mol. The Morgan fingerprint density at radius 2 is 1.97 bits per heavy atom. The molecule has 1 aliphatic carbocycles. The van der Waals surface area contributed by atoms with Gasteiger partial charge in [-0.25, -0.2) is 0 Å². The molecule has 1 amide bonds. The Balaban J connectivity index is 1.58. The summed E-state index contributed by atoms with van der Waals surface area (Å²) in [7, 11) is 1.60. The SMILES string of the molecule is COCCNC(=O)C1=C[C@@H](c2cccc3c2Cc2ccccc2-3)C[C@@H](OCCCCO)O1. The summed E-state index contributed by atoms with van der Waals surface area (Å²) >= 11 is 0. The van der Waals surface area contributed by atoms with Crippen molar-refractivity contribution in [1.82, 2.24) is 5.32 Å². The summed E-state index contributed by atoms with van der Waals surface area (Å²) in [6.07, 6.45) is 4.38. The predicted molar refractivity (Wildman–Crippen MR) is 122 cm³/mol. The Bertz CT molecular complexity index is 970. The molecule has 2 N–H and O–H groups in total. The number of carbonyl (C=O) groups is 1. The van der Waals surface area contributed by atoms with Crippen molar-refractivity contribution in [3.63, 3.8) is 0 Å². The van der Waals surface area contributed by atoms with Crippen LogP contribution in [-0.4, -0.2) is 50.8 Å². The fourth-order valence-electron chi connectivity index (χ4n) is 4.45. The van der Waals surface area contributed by atoms with E-state index in [0.29, 0.717) is 32.6 Å². The smallest absolute Gasteiger partial charge is 0.286 e. The van der Waals surface area contributed by atoms with E-state index in [1.165, 1.54) is 27.8 Å². The number of amides is 1. The molecule has 0 spiro atoms. The Morgan fingerprint density at radius 1 is 1.12 bits per heavy atom. The number of aliphatic hydroxyl groups excluding tert-OH is 1. The van der Waals surface area contributed by atoms with Gasteiger partial charge in [0.05, 0.1) is 13.2 Å². The minimum atomic E-state index is -0.508. The highest BCUT2D eigenvalue weighted by Gasteiger charge is 2.31. The van der Waals surface area contributed by atoms with Crippen molar-refractivity contribution in [3.8, 4) is 11.1 Å². The second kappa shape index (κ2) is 10.8. The number of hydrogen-bond donors (Lipinski definition) is 2. The largest absolute Gasteiger partial charge is 0.459 e. The van der Waals surface area contributed by atoms with E-state index in [9.17, 15) is 4.79 Å². The fourth-order valence-corrected chi connectivity index (χ4v) is 4.45. The normalized spacial score (nSPS) is 19.0. The van der Waals surface area contributed by atoms with Crippen LogP contribution >= 0.6 is 0 Å². The van der Waals surface area contributed by atoms with Gasteiger partial charge in [-0.3, -0.25) is 4.79 Å². The summed E-state index contributed by atoms with van der Waals surface area (Å²) in [4.78, 5) is 12.7. The molecule has 6 heteroatoms. The van der Waals surface area contributed by atoms with Crippen molar-refractivity contribution >= 4 is 5.91 Å². The van der Waals surface area contributed by atoms with Crippen LogP contribution in [0, 0.1) is 0 Å². The van der Waals surface area contributed by atoms with Gasteiger partial charge in [-0.15, -0.1) is 0 Å². The first-order valence-electron chi connectivity index (χ1n) is 11.3. The van der Waals surface area contributed by atoms with Crippen molar-refractivity contribution < 1.29 is 24.1 Å². The van der Waals surface area contributed by atoms with Crippen LogP contribution in [0.25, 0.3) is 11.1 Å². The van der Waals surface area contributed by atoms with Gasteiger partial charge >= 0.3 is 0 Å². The standard InChI is InChI=1S/C26H31NO5/c1-30-14-11-27-26(29)24-16-19(17-25(32-24)31-13-5-4-12-28)21-9-6-10-22-20-8-3-2-7-18(20)15-23(21)22/h2-3,6-10,16,19,25,28H,4-5,11-15,17H2,1H3,(H,27,29)/t19-,25+/m1/s1. The molecule has 2 atom stereocenters. The topological polar surface area (TPSA) is 77.0 Å². The second-order valence-electron chi connectivity index (χ2n) is 8.18. The van der Waals surface area contributed by atoms with Crippen LogP contribution < -0.4 is 5.32 Å². The number of ether oxygens (including phenoxy) is 3. The van der Waals surface area contributed by atoms with E-state index >= 15 is 0 Å². The Labute approximate surface area is 189 Å². The van der Waals surface area contributed by atoms with Gasteiger partial charge in [-0.1, -0.05) is 42.5 Å². The number of allylic oxidation sites excluding steroid dienone is 1. The lowest BCUT2D eigenvalue weighted by Gasteiger charge is -2.30. The Morgan fingerprint density at radius 3 is 2.81 bits per heavy atom. The lowest BCUT2D eigenvalue weighted by atomic mass is 9.87. The zero-order valence-electron chi connectivity index (χ0n) is 18.5. The predicted octanol–water partition coefficient (Wildman–Crippen LogP) is 3.52. The van der Waals surface area contributed by atoms with Gasteiger partial charge in [0.2, 0.25) is 6.29 Å². The molecule has 0 fully saturated rings. The van der Waals surface area contributed by atoms with Crippen molar-refractivity contribution in [2.24, 2.45) is 0 Å². The number of benzene rings is 2. The van der Waals surface area contributed by atoms with Crippen LogP contribution in [0.15, 0.2) is 54.3 Å². The lowest BCUT2D eigenvalue weighted by Crippen LogP contribution is -2.34. The van der Waals surface area contributed by atoms with Crippen molar-refractivity contribution in [1.29, 1.82) is 0 Å². The van der Waals surface area contributed by atoms with Gasteiger partial charge < -0.3 is 24.6 Å². The number of nitrogens with one attached hydrogen (secondary N) is 1. The highest BCUT2D eigenvalue weighted by molar-refractivity contribution is 5.91. The first-order valence-corrected chi connectivity index (χ1v) is 11.3. The molecule has 2 aromatic rings. The Hall–Kier alpha value is -2.67. The van der Waals surface area contributed by atoms with Gasteiger partial charge in [0.25, 0.3) is 5.91 Å². The molecule has 2 aliphatic rings. The summed E-state index contributed by atoms with van der Waals surface area (Å²) < 4.78 is 16.9. The van der Waals surface area contributed by atoms with Crippen molar-refractivity contribution in [2.75, 3.05) is 33.5 Å². The maximum Gasteiger partial charge on any atom is 0.286 e. The summed E-state index contributed by atoms with van der Waals surface area (Å²) in [6, 6.07) is 14.9. The number of aliphatic hydroxyl groups is 1. The van der Waals surface area contributed by atoms with E-state index < -0.39 is 6.29 Å². The minimum absolute atomic E-state index is 0.0130. The first kappa shape index (κ1) is 22.5. The molecule has 0 radical (unpaired) electrons. The van der Waals surface area contributed by atoms with E-state index in [0.717, 1.165) is 12.8 Å². The van der Waals surface area contributed by atoms with E-state index in [1.807, 2.05) is 6.08 Å². The summed E-state index contributed by atoms with van der Waals surface area (Å²) in [5.74, 6) is 0.0447. The van der Waals surface area contributed by atoms with Crippen LogP contribution in [0.3, 0.4) is 0 Å². The van der Waals surface area contributed by atoms with Gasteiger partial charge in [0.1, 0.15) is 0 Å². The molecule has 4 rings (SSSR count). The highest BCUT2D eigenvalue weighted by atomic mass is 16.7.